The molecule has 0 aliphatic rings. The van der Waals surface area contributed by atoms with Gasteiger partial charge in [0.25, 0.3) is 5.91 Å². The van der Waals surface area contributed by atoms with E-state index < -0.39 is 0 Å². The van der Waals surface area contributed by atoms with Gasteiger partial charge in [0.1, 0.15) is 5.82 Å². The first kappa shape index (κ1) is 14.3. The summed E-state index contributed by atoms with van der Waals surface area (Å²) < 4.78 is 0. The van der Waals surface area contributed by atoms with Gasteiger partial charge in [-0.05, 0) is 31.5 Å². The van der Waals surface area contributed by atoms with E-state index in [1.807, 2.05) is 38.1 Å². The maximum absolute atomic E-state index is 12.3. The van der Waals surface area contributed by atoms with Crippen molar-refractivity contribution in [1.29, 1.82) is 0 Å². The Hall–Kier alpha value is -2.07. The highest BCUT2D eigenvalue weighted by atomic mass is 35.5. The lowest BCUT2D eigenvalue weighted by molar-refractivity contribution is 0.102. The average molecular weight is 290 g/mol. The third kappa shape index (κ3) is 3.27. The monoisotopic (exact) mass is 289 g/mol. The molecule has 2 N–H and O–H groups in total. The van der Waals surface area contributed by atoms with Crippen molar-refractivity contribution in [3.05, 3.63) is 52.7 Å². The van der Waals surface area contributed by atoms with Crippen molar-refractivity contribution < 1.29 is 4.79 Å². The SMILES string of the molecule is CCNc1cc(C(=O)Nc2ccccc2C)c(Cl)cn1. The third-order valence-corrected chi connectivity index (χ3v) is 3.15. The zero-order valence-corrected chi connectivity index (χ0v) is 12.2. The van der Waals surface area contributed by atoms with Crippen LogP contribution in [-0.2, 0) is 0 Å². The molecule has 0 atom stereocenters. The number of hydrogen-bond donors (Lipinski definition) is 2. The third-order valence-electron chi connectivity index (χ3n) is 2.85. The van der Waals surface area contributed by atoms with Crippen LogP contribution < -0.4 is 10.6 Å². The predicted molar refractivity (Wildman–Crippen MR) is 82.5 cm³/mol. The molecule has 1 aromatic carbocycles. The molecule has 0 fully saturated rings. The standard InChI is InChI=1S/C15H16ClN3O/c1-3-17-14-8-11(12(16)9-18-14)15(20)19-13-7-5-4-6-10(13)2/h4-9H,3H2,1-2H3,(H,17,18)(H,19,20). The van der Waals surface area contributed by atoms with Gasteiger partial charge in [-0.2, -0.15) is 0 Å². The molecule has 0 saturated heterocycles. The van der Waals surface area contributed by atoms with Crippen LogP contribution in [-0.4, -0.2) is 17.4 Å². The molecule has 0 radical (unpaired) electrons. The Balaban J connectivity index is 2.25. The minimum absolute atomic E-state index is 0.245. The molecule has 0 aliphatic heterocycles. The van der Waals surface area contributed by atoms with Gasteiger partial charge in [-0.25, -0.2) is 4.98 Å². The van der Waals surface area contributed by atoms with Gasteiger partial charge in [-0.3, -0.25) is 4.79 Å². The van der Waals surface area contributed by atoms with Crippen LogP contribution in [0.25, 0.3) is 0 Å². The lowest BCUT2D eigenvalue weighted by atomic mass is 10.2. The molecule has 0 unspecified atom stereocenters. The van der Waals surface area contributed by atoms with Crippen molar-refractivity contribution in [2.45, 2.75) is 13.8 Å². The summed E-state index contributed by atoms with van der Waals surface area (Å²) in [7, 11) is 0. The summed E-state index contributed by atoms with van der Waals surface area (Å²) in [6, 6.07) is 9.25. The molecule has 104 valence electrons. The largest absolute Gasteiger partial charge is 0.370 e. The number of amides is 1. The van der Waals surface area contributed by atoms with Crippen LogP contribution in [0.2, 0.25) is 5.02 Å². The Morgan fingerprint density at radius 2 is 2.10 bits per heavy atom. The van der Waals surface area contributed by atoms with Gasteiger partial charge in [0.15, 0.2) is 0 Å². The average Bonchev–Trinajstić information content (AvgIpc) is 2.43. The van der Waals surface area contributed by atoms with E-state index in [0.717, 1.165) is 17.8 Å². The molecule has 0 aliphatic carbocycles. The number of carbonyl (C=O) groups is 1. The number of rotatable bonds is 4. The number of halogens is 1. The summed E-state index contributed by atoms with van der Waals surface area (Å²) in [5, 5.41) is 6.24. The molecule has 1 amide bonds. The highest BCUT2D eigenvalue weighted by Crippen LogP contribution is 2.21. The minimum atomic E-state index is -0.245. The number of pyridine rings is 1. The van der Waals surface area contributed by atoms with E-state index in [4.69, 9.17) is 11.6 Å². The Labute approximate surface area is 123 Å². The van der Waals surface area contributed by atoms with Crippen LogP contribution in [0, 0.1) is 6.92 Å². The van der Waals surface area contributed by atoms with E-state index in [1.165, 1.54) is 6.20 Å². The molecular weight excluding hydrogens is 274 g/mol. The van der Waals surface area contributed by atoms with Crippen molar-refractivity contribution in [2.24, 2.45) is 0 Å². The molecule has 2 aromatic rings. The van der Waals surface area contributed by atoms with Gasteiger partial charge < -0.3 is 10.6 Å². The van der Waals surface area contributed by atoms with E-state index in [-0.39, 0.29) is 5.91 Å². The quantitative estimate of drug-likeness (QED) is 0.902. The molecule has 1 aromatic heterocycles. The van der Waals surface area contributed by atoms with E-state index in [0.29, 0.717) is 16.4 Å². The Morgan fingerprint density at radius 3 is 2.80 bits per heavy atom. The number of aromatic nitrogens is 1. The Kier molecular flexibility index (Phi) is 4.58. The lowest BCUT2D eigenvalue weighted by Crippen LogP contribution is -2.14. The lowest BCUT2D eigenvalue weighted by Gasteiger charge is -2.10. The van der Waals surface area contributed by atoms with Crippen molar-refractivity contribution in [1.82, 2.24) is 4.98 Å². The maximum atomic E-state index is 12.3. The van der Waals surface area contributed by atoms with Crippen molar-refractivity contribution in [3.63, 3.8) is 0 Å². The molecule has 5 heteroatoms. The smallest absolute Gasteiger partial charge is 0.257 e. The van der Waals surface area contributed by atoms with Crippen LogP contribution in [0.5, 0.6) is 0 Å². The summed E-state index contributed by atoms with van der Waals surface area (Å²) >= 11 is 6.05. The zero-order chi connectivity index (χ0) is 14.5. The fourth-order valence-electron chi connectivity index (χ4n) is 1.79. The van der Waals surface area contributed by atoms with Crippen molar-refractivity contribution in [3.8, 4) is 0 Å². The molecule has 20 heavy (non-hydrogen) atoms. The number of benzene rings is 1. The number of para-hydroxylation sites is 1. The summed E-state index contributed by atoms with van der Waals surface area (Å²) in [6.07, 6.45) is 1.48. The van der Waals surface area contributed by atoms with Crippen LogP contribution in [0.4, 0.5) is 11.5 Å². The van der Waals surface area contributed by atoms with Crippen molar-refractivity contribution in [2.75, 3.05) is 17.2 Å². The Morgan fingerprint density at radius 1 is 1.35 bits per heavy atom. The summed E-state index contributed by atoms with van der Waals surface area (Å²) in [5.74, 6) is 0.387. The second-order valence-electron chi connectivity index (χ2n) is 4.35. The number of nitrogens with zero attached hydrogens (tertiary/aromatic N) is 1. The van der Waals surface area contributed by atoms with E-state index in [2.05, 4.69) is 15.6 Å². The van der Waals surface area contributed by atoms with Gasteiger partial charge in [-0.1, -0.05) is 29.8 Å². The number of hydrogen-bond acceptors (Lipinski definition) is 3. The van der Waals surface area contributed by atoms with Crippen LogP contribution in [0.15, 0.2) is 36.5 Å². The first-order chi connectivity index (χ1) is 9.61. The van der Waals surface area contributed by atoms with Crippen LogP contribution in [0.3, 0.4) is 0 Å². The number of aryl methyl sites for hydroxylation is 1. The predicted octanol–water partition coefficient (Wildman–Crippen LogP) is 3.73. The van der Waals surface area contributed by atoms with Gasteiger partial charge in [-0.15, -0.1) is 0 Å². The minimum Gasteiger partial charge on any atom is -0.370 e. The molecule has 0 saturated carbocycles. The number of anilines is 2. The first-order valence-electron chi connectivity index (χ1n) is 6.38. The molecular formula is C15H16ClN3O. The molecule has 2 rings (SSSR count). The zero-order valence-electron chi connectivity index (χ0n) is 11.4. The summed E-state index contributed by atoms with van der Waals surface area (Å²) in [4.78, 5) is 16.4. The molecule has 0 spiro atoms. The van der Waals surface area contributed by atoms with E-state index >= 15 is 0 Å². The van der Waals surface area contributed by atoms with Crippen LogP contribution >= 0.6 is 11.6 Å². The van der Waals surface area contributed by atoms with Crippen molar-refractivity contribution >= 4 is 29.0 Å². The van der Waals surface area contributed by atoms with Gasteiger partial charge in [0.05, 0.1) is 10.6 Å². The van der Waals surface area contributed by atoms with Crippen LogP contribution in [0.1, 0.15) is 22.8 Å². The van der Waals surface area contributed by atoms with E-state index in [9.17, 15) is 4.79 Å². The van der Waals surface area contributed by atoms with Gasteiger partial charge >= 0.3 is 0 Å². The topological polar surface area (TPSA) is 54.0 Å². The second-order valence-corrected chi connectivity index (χ2v) is 4.76. The molecule has 4 nitrogen and oxygen atoms in total. The highest BCUT2D eigenvalue weighted by Gasteiger charge is 2.13. The normalized spacial score (nSPS) is 10.2. The number of nitrogens with one attached hydrogen (secondary N) is 2. The molecule has 0 bridgehead atoms. The molecule has 1 heterocycles. The van der Waals surface area contributed by atoms with Gasteiger partial charge in [0, 0.05) is 18.4 Å². The highest BCUT2D eigenvalue weighted by molar-refractivity contribution is 6.34. The first-order valence-corrected chi connectivity index (χ1v) is 6.76. The fraction of sp³-hybridized carbons (Fsp3) is 0.200. The fourth-order valence-corrected chi connectivity index (χ4v) is 1.98. The summed E-state index contributed by atoms with van der Waals surface area (Å²) in [5.41, 5.74) is 2.18. The maximum Gasteiger partial charge on any atom is 0.257 e. The number of carbonyl (C=O) groups excluding carboxylic acids is 1. The Bertz CT molecular complexity index is 628. The summed E-state index contributed by atoms with van der Waals surface area (Å²) in [6.45, 7) is 4.63. The second kappa shape index (κ2) is 6.39. The van der Waals surface area contributed by atoms with E-state index in [1.54, 1.807) is 6.07 Å². The van der Waals surface area contributed by atoms with Gasteiger partial charge in [0.2, 0.25) is 0 Å².